The van der Waals surface area contributed by atoms with Gasteiger partial charge in [-0.3, -0.25) is 14.3 Å². The van der Waals surface area contributed by atoms with Crippen LogP contribution in [0.25, 0.3) is 11.4 Å². The van der Waals surface area contributed by atoms with Crippen LogP contribution in [0.15, 0.2) is 82.8 Å². The smallest absolute Gasteiger partial charge is 0.240 e. The van der Waals surface area contributed by atoms with Crippen molar-refractivity contribution in [3.8, 4) is 11.4 Å². The van der Waals surface area contributed by atoms with E-state index < -0.39 is 0 Å². The number of hydrogen-bond acceptors (Lipinski definition) is 6. The lowest BCUT2D eigenvalue weighted by Gasteiger charge is -2.21. The minimum absolute atomic E-state index is 0.0123. The van der Waals surface area contributed by atoms with E-state index in [1.165, 1.54) is 11.8 Å². The zero-order chi connectivity index (χ0) is 20.9. The molecular formula is C22H21N5O2S. The lowest BCUT2D eigenvalue weighted by molar-refractivity contribution is -0.117. The van der Waals surface area contributed by atoms with Gasteiger partial charge in [-0.25, -0.2) is 0 Å². The molecule has 4 rings (SSSR count). The molecule has 7 nitrogen and oxygen atoms in total. The Hall–Kier alpha value is -3.39. The van der Waals surface area contributed by atoms with Gasteiger partial charge in [-0.05, 0) is 43.3 Å². The van der Waals surface area contributed by atoms with Crippen molar-refractivity contribution in [2.45, 2.75) is 23.9 Å². The highest BCUT2D eigenvalue weighted by atomic mass is 32.2. The summed E-state index contributed by atoms with van der Waals surface area (Å²) in [5.41, 5.74) is 1.70. The summed E-state index contributed by atoms with van der Waals surface area (Å²) < 4.78 is 7.48. The average molecular weight is 420 g/mol. The standard InChI is InChI=1S/C22H21N5O2S/c1-16(21(28)26(2)18-9-4-3-5-10-18)30-22-25-24-20(17-8-6-12-23-14-17)27(22)15-19-11-7-13-29-19/h3-14,16H,15H2,1-2H3. The van der Waals surface area contributed by atoms with E-state index in [4.69, 9.17) is 4.42 Å². The number of carbonyl (C=O) groups is 1. The Bertz CT molecular complexity index is 1100. The first-order chi connectivity index (χ1) is 14.6. The molecule has 0 radical (unpaired) electrons. The van der Waals surface area contributed by atoms with Crippen molar-refractivity contribution in [1.29, 1.82) is 0 Å². The van der Waals surface area contributed by atoms with E-state index in [1.807, 2.05) is 66.1 Å². The van der Waals surface area contributed by atoms with Gasteiger partial charge in [-0.2, -0.15) is 0 Å². The Morgan fingerprint density at radius 1 is 1.13 bits per heavy atom. The van der Waals surface area contributed by atoms with Gasteiger partial charge in [0, 0.05) is 30.7 Å². The van der Waals surface area contributed by atoms with Gasteiger partial charge in [0.1, 0.15) is 5.76 Å². The molecule has 3 aromatic heterocycles. The van der Waals surface area contributed by atoms with Crippen molar-refractivity contribution < 1.29 is 9.21 Å². The average Bonchev–Trinajstić information content (AvgIpc) is 3.44. The molecule has 3 heterocycles. The van der Waals surface area contributed by atoms with Gasteiger partial charge < -0.3 is 9.32 Å². The Labute approximate surface area is 178 Å². The fourth-order valence-corrected chi connectivity index (χ4v) is 3.99. The van der Waals surface area contributed by atoms with Crippen LogP contribution in [0, 0.1) is 0 Å². The molecule has 0 aliphatic rings. The predicted molar refractivity (Wildman–Crippen MR) is 116 cm³/mol. The minimum Gasteiger partial charge on any atom is -0.467 e. The van der Waals surface area contributed by atoms with Crippen LogP contribution in [-0.2, 0) is 11.3 Å². The first kappa shape index (κ1) is 19.9. The van der Waals surface area contributed by atoms with Gasteiger partial charge in [-0.1, -0.05) is 30.0 Å². The molecule has 0 spiro atoms. The van der Waals surface area contributed by atoms with Crippen LogP contribution < -0.4 is 4.90 Å². The molecule has 152 valence electrons. The molecule has 30 heavy (non-hydrogen) atoms. The van der Waals surface area contributed by atoms with Crippen LogP contribution >= 0.6 is 11.8 Å². The second-order valence-electron chi connectivity index (χ2n) is 6.71. The van der Waals surface area contributed by atoms with E-state index >= 15 is 0 Å². The zero-order valence-electron chi connectivity index (χ0n) is 16.7. The van der Waals surface area contributed by atoms with E-state index in [0.29, 0.717) is 17.5 Å². The molecular weight excluding hydrogens is 398 g/mol. The lowest BCUT2D eigenvalue weighted by atomic mass is 10.2. The Balaban J connectivity index is 1.60. The van der Waals surface area contributed by atoms with Crippen molar-refractivity contribution in [2.75, 3.05) is 11.9 Å². The number of para-hydroxylation sites is 1. The summed E-state index contributed by atoms with van der Waals surface area (Å²) in [4.78, 5) is 18.8. The van der Waals surface area contributed by atoms with Crippen molar-refractivity contribution in [1.82, 2.24) is 19.7 Å². The van der Waals surface area contributed by atoms with Crippen LogP contribution in [0.1, 0.15) is 12.7 Å². The molecule has 0 saturated heterocycles. The Morgan fingerprint density at radius 2 is 1.97 bits per heavy atom. The number of hydrogen-bond donors (Lipinski definition) is 0. The summed E-state index contributed by atoms with van der Waals surface area (Å²) in [5.74, 6) is 1.45. The van der Waals surface area contributed by atoms with Gasteiger partial charge in [0.25, 0.3) is 0 Å². The van der Waals surface area contributed by atoms with Crippen molar-refractivity contribution in [3.05, 3.63) is 79.0 Å². The molecule has 1 atom stereocenters. The van der Waals surface area contributed by atoms with Crippen LogP contribution in [0.5, 0.6) is 0 Å². The fraction of sp³-hybridized carbons (Fsp3) is 0.182. The summed E-state index contributed by atoms with van der Waals surface area (Å²) in [6.07, 6.45) is 5.10. The van der Waals surface area contributed by atoms with Crippen molar-refractivity contribution in [3.63, 3.8) is 0 Å². The van der Waals surface area contributed by atoms with E-state index in [1.54, 1.807) is 30.6 Å². The number of aromatic nitrogens is 4. The topological polar surface area (TPSA) is 77.0 Å². The minimum atomic E-state index is -0.350. The molecule has 0 saturated carbocycles. The molecule has 0 N–H and O–H groups in total. The SMILES string of the molecule is CC(Sc1nnc(-c2cccnc2)n1Cc1ccco1)C(=O)N(C)c1ccccc1. The quantitative estimate of drug-likeness (QED) is 0.419. The summed E-state index contributed by atoms with van der Waals surface area (Å²) >= 11 is 1.37. The molecule has 0 fully saturated rings. The summed E-state index contributed by atoms with van der Waals surface area (Å²) in [6, 6.07) is 17.1. The van der Waals surface area contributed by atoms with Gasteiger partial charge in [0.2, 0.25) is 5.91 Å². The third-order valence-electron chi connectivity index (χ3n) is 4.63. The van der Waals surface area contributed by atoms with Crippen LogP contribution in [0.4, 0.5) is 5.69 Å². The zero-order valence-corrected chi connectivity index (χ0v) is 17.5. The first-order valence-corrected chi connectivity index (χ1v) is 10.4. The molecule has 1 aromatic carbocycles. The van der Waals surface area contributed by atoms with Crippen molar-refractivity contribution >= 4 is 23.4 Å². The van der Waals surface area contributed by atoms with E-state index in [0.717, 1.165) is 17.0 Å². The van der Waals surface area contributed by atoms with Gasteiger partial charge in [0.05, 0.1) is 18.1 Å². The Morgan fingerprint density at radius 3 is 2.67 bits per heavy atom. The number of pyridine rings is 1. The number of anilines is 1. The number of nitrogens with zero attached hydrogens (tertiary/aromatic N) is 5. The largest absolute Gasteiger partial charge is 0.467 e. The van der Waals surface area contributed by atoms with Crippen LogP contribution in [0.2, 0.25) is 0 Å². The molecule has 8 heteroatoms. The second-order valence-corrected chi connectivity index (χ2v) is 8.01. The number of amides is 1. The first-order valence-electron chi connectivity index (χ1n) is 9.48. The van der Waals surface area contributed by atoms with E-state index in [-0.39, 0.29) is 11.2 Å². The maximum absolute atomic E-state index is 13.0. The third kappa shape index (κ3) is 4.28. The normalized spacial score (nSPS) is 11.9. The highest BCUT2D eigenvalue weighted by Gasteiger charge is 2.24. The third-order valence-corrected chi connectivity index (χ3v) is 5.70. The van der Waals surface area contributed by atoms with Crippen molar-refractivity contribution in [2.24, 2.45) is 0 Å². The molecule has 1 unspecified atom stereocenters. The van der Waals surface area contributed by atoms with Crippen LogP contribution in [0.3, 0.4) is 0 Å². The maximum Gasteiger partial charge on any atom is 0.240 e. The maximum atomic E-state index is 13.0. The fourth-order valence-electron chi connectivity index (χ4n) is 3.05. The summed E-state index contributed by atoms with van der Waals surface area (Å²) in [6.45, 7) is 2.34. The van der Waals surface area contributed by atoms with Gasteiger partial charge in [0.15, 0.2) is 11.0 Å². The second kappa shape index (κ2) is 8.96. The van der Waals surface area contributed by atoms with Gasteiger partial charge in [-0.15, -0.1) is 10.2 Å². The summed E-state index contributed by atoms with van der Waals surface area (Å²) in [5, 5.41) is 9.03. The summed E-state index contributed by atoms with van der Waals surface area (Å²) in [7, 11) is 1.78. The van der Waals surface area contributed by atoms with Gasteiger partial charge >= 0.3 is 0 Å². The predicted octanol–water partition coefficient (Wildman–Crippen LogP) is 4.13. The molecule has 0 aliphatic heterocycles. The monoisotopic (exact) mass is 419 g/mol. The number of rotatable bonds is 7. The molecule has 1 amide bonds. The molecule has 4 aromatic rings. The highest BCUT2D eigenvalue weighted by Crippen LogP contribution is 2.29. The van der Waals surface area contributed by atoms with E-state index in [9.17, 15) is 4.79 Å². The molecule has 0 bridgehead atoms. The molecule has 0 aliphatic carbocycles. The number of carbonyl (C=O) groups excluding carboxylic acids is 1. The van der Waals surface area contributed by atoms with Crippen LogP contribution in [-0.4, -0.2) is 38.0 Å². The highest BCUT2D eigenvalue weighted by molar-refractivity contribution is 8.00. The number of benzene rings is 1. The van der Waals surface area contributed by atoms with E-state index in [2.05, 4.69) is 15.2 Å². The lowest BCUT2D eigenvalue weighted by Crippen LogP contribution is -2.33. The Kier molecular flexibility index (Phi) is 5.94. The number of furan rings is 1. The number of thioether (sulfide) groups is 1.